The number of carbonyl (C=O) groups excluding carboxylic acids is 1. The average Bonchev–Trinajstić information content (AvgIpc) is 2.48. The zero-order valence-electron chi connectivity index (χ0n) is 12.5. The van der Waals surface area contributed by atoms with Gasteiger partial charge in [-0.05, 0) is 55.3 Å². The normalized spacial score (nSPS) is 10.3. The van der Waals surface area contributed by atoms with E-state index in [1.54, 1.807) is 25.3 Å². The van der Waals surface area contributed by atoms with Crippen LogP contribution >= 0.6 is 11.6 Å². The van der Waals surface area contributed by atoms with Gasteiger partial charge in [0.1, 0.15) is 11.5 Å². The fourth-order valence-corrected chi connectivity index (χ4v) is 2.41. The third kappa shape index (κ3) is 3.03. The molecule has 4 heteroatoms. The van der Waals surface area contributed by atoms with E-state index in [1.807, 2.05) is 26.0 Å². The molecule has 0 unspecified atom stereocenters. The minimum absolute atomic E-state index is 0.0910. The molecule has 0 N–H and O–H groups in total. The van der Waals surface area contributed by atoms with Gasteiger partial charge in [-0.2, -0.15) is 0 Å². The number of rotatable bonds is 4. The molecule has 0 heterocycles. The van der Waals surface area contributed by atoms with E-state index in [9.17, 15) is 4.79 Å². The van der Waals surface area contributed by atoms with E-state index in [1.165, 1.54) is 7.11 Å². The molecule has 0 bridgehead atoms. The standard InChI is InChI=1S/C17H17ClO3/c1-10-8-15(20-3)11(2)7-14(10)17(19)13-6-5-12(18)9-16(13)21-4/h5-9H,1-4H3. The molecule has 2 aromatic rings. The molecule has 0 amide bonds. The molecule has 0 aliphatic carbocycles. The largest absolute Gasteiger partial charge is 0.496 e. The summed E-state index contributed by atoms with van der Waals surface area (Å²) in [5, 5.41) is 0.533. The SMILES string of the molecule is COc1cc(C)c(C(=O)c2ccc(Cl)cc2OC)cc1C. The highest BCUT2D eigenvalue weighted by molar-refractivity contribution is 6.31. The van der Waals surface area contributed by atoms with Crippen LogP contribution in [0.3, 0.4) is 0 Å². The molecule has 0 aromatic heterocycles. The number of hydrogen-bond donors (Lipinski definition) is 0. The van der Waals surface area contributed by atoms with E-state index in [2.05, 4.69) is 0 Å². The number of hydrogen-bond acceptors (Lipinski definition) is 3. The highest BCUT2D eigenvalue weighted by Crippen LogP contribution is 2.29. The lowest BCUT2D eigenvalue weighted by Crippen LogP contribution is -2.07. The first kappa shape index (κ1) is 15.4. The van der Waals surface area contributed by atoms with Gasteiger partial charge in [-0.1, -0.05) is 11.6 Å². The molecule has 21 heavy (non-hydrogen) atoms. The molecular weight excluding hydrogens is 288 g/mol. The summed E-state index contributed by atoms with van der Waals surface area (Å²) >= 11 is 5.93. The Morgan fingerprint density at radius 1 is 0.905 bits per heavy atom. The van der Waals surface area contributed by atoms with E-state index in [0.717, 1.165) is 16.9 Å². The quantitative estimate of drug-likeness (QED) is 0.794. The second-order valence-electron chi connectivity index (χ2n) is 4.81. The van der Waals surface area contributed by atoms with Crippen molar-refractivity contribution in [1.82, 2.24) is 0 Å². The van der Waals surface area contributed by atoms with Gasteiger partial charge in [0.2, 0.25) is 0 Å². The van der Waals surface area contributed by atoms with Gasteiger partial charge in [-0.3, -0.25) is 4.79 Å². The molecule has 0 saturated carbocycles. The van der Waals surface area contributed by atoms with E-state index in [4.69, 9.17) is 21.1 Å². The Hall–Kier alpha value is -2.00. The van der Waals surface area contributed by atoms with Gasteiger partial charge in [-0.25, -0.2) is 0 Å². The Kier molecular flexibility index (Phi) is 4.53. The first-order chi connectivity index (χ1) is 9.97. The van der Waals surface area contributed by atoms with E-state index >= 15 is 0 Å². The minimum atomic E-state index is -0.0910. The zero-order valence-corrected chi connectivity index (χ0v) is 13.2. The monoisotopic (exact) mass is 304 g/mol. The van der Waals surface area contributed by atoms with Gasteiger partial charge < -0.3 is 9.47 Å². The fraction of sp³-hybridized carbons (Fsp3) is 0.235. The second-order valence-corrected chi connectivity index (χ2v) is 5.25. The van der Waals surface area contributed by atoms with Gasteiger partial charge in [0.15, 0.2) is 5.78 Å². The van der Waals surface area contributed by atoms with Crippen molar-refractivity contribution in [3.8, 4) is 11.5 Å². The van der Waals surface area contributed by atoms with Crippen molar-refractivity contribution in [1.29, 1.82) is 0 Å². The van der Waals surface area contributed by atoms with Crippen LogP contribution in [0.1, 0.15) is 27.0 Å². The molecule has 2 aromatic carbocycles. The van der Waals surface area contributed by atoms with E-state index in [0.29, 0.717) is 21.9 Å². The average molecular weight is 305 g/mol. The molecule has 0 saturated heterocycles. The van der Waals surface area contributed by atoms with Crippen LogP contribution in [0.5, 0.6) is 11.5 Å². The minimum Gasteiger partial charge on any atom is -0.496 e. The third-order valence-electron chi connectivity index (χ3n) is 3.39. The highest BCUT2D eigenvalue weighted by atomic mass is 35.5. The maximum Gasteiger partial charge on any atom is 0.197 e. The number of ether oxygens (including phenoxy) is 2. The molecule has 0 spiro atoms. The van der Waals surface area contributed by atoms with Gasteiger partial charge in [-0.15, -0.1) is 0 Å². The van der Waals surface area contributed by atoms with E-state index < -0.39 is 0 Å². The van der Waals surface area contributed by atoms with Crippen molar-refractivity contribution in [3.05, 3.63) is 57.6 Å². The first-order valence-corrected chi connectivity index (χ1v) is 6.89. The summed E-state index contributed by atoms with van der Waals surface area (Å²) < 4.78 is 10.5. The van der Waals surface area contributed by atoms with Gasteiger partial charge in [0.25, 0.3) is 0 Å². The Morgan fingerprint density at radius 3 is 2.19 bits per heavy atom. The summed E-state index contributed by atoms with van der Waals surface area (Å²) in [5.41, 5.74) is 2.90. The molecule has 3 nitrogen and oxygen atoms in total. The Labute approximate surface area is 129 Å². The van der Waals surface area contributed by atoms with Crippen molar-refractivity contribution in [2.75, 3.05) is 14.2 Å². The Balaban J connectivity index is 2.52. The van der Waals surface area contributed by atoms with Crippen LogP contribution in [0, 0.1) is 13.8 Å². The highest BCUT2D eigenvalue weighted by Gasteiger charge is 2.18. The smallest absolute Gasteiger partial charge is 0.197 e. The lowest BCUT2D eigenvalue weighted by Gasteiger charge is -2.12. The number of ketones is 1. The fourth-order valence-electron chi connectivity index (χ4n) is 2.25. The topological polar surface area (TPSA) is 35.5 Å². The lowest BCUT2D eigenvalue weighted by molar-refractivity contribution is 0.103. The molecule has 0 fully saturated rings. The summed E-state index contributed by atoms with van der Waals surface area (Å²) in [6.07, 6.45) is 0. The van der Waals surface area contributed by atoms with Crippen LogP contribution in [0.4, 0.5) is 0 Å². The predicted molar refractivity (Wildman–Crippen MR) is 83.9 cm³/mol. The van der Waals surface area contributed by atoms with Crippen molar-refractivity contribution in [2.24, 2.45) is 0 Å². The van der Waals surface area contributed by atoms with Crippen molar-refractivity contribution in [3.63, 3.8) is 0 Å². The zero-order chi connectivity index (χ0) is 15.6. The van der Waals surface area contributed by atoms with Crippen LogP contribution in [0.25, 0.3) is 0 Å². The Morgan fingerprint density at radius 2 is 1.57 bits per heavy atom. The number of halogens is 1. The second kappa shape index (κ2) is 6.19. The summed E-state index contributed by atoms with van der Waals surface area (Å²) in [6, 6.07) is 8.71. The summed E-state index contributed by atoms with van der Waals surface area (Å²) in [6.45, 7) is 3.80. The molecule has 0 aliphatic heterocycles. The summed E-state index contributed by atoms with van der Waals surface area (Å²) in [4.78, 5) is 12.7. The third-order valence-corrected chi connectivity index (χ3v) is 3.63. The van der Waals surface area contributed by atoms with Crippen molar-refractivity contribution in [2.45, 2.75) is 13.8 Å². The first-order valence-electron chi connectivity index (χ1n) is 6.51. The van der Waals surface area contributed by atoms with Gasteiger partial charge in [0.05, 0.1) is 19.8 Å². The van der Waals surface area contributed by atoms with Crippen LogP contribution in [-0.2, 0) is 0 Å². The predicted octanol–water partition coefficient (Wildman–Crippen LogP) is 4.21. The lowest BCUT2D eigenvalue weighted by atomic mass is 9.96. The van der Waals surface area contributed by atoms with Crippen LogP contribution in [0.2, 0.25) is 5.02 Å². The van der Waals surface area contributed by atoms with Crippen molar-refractivity contribution >= 4 is 17.4 Å². The van der Waals surface area contributed by atoms with Crippen LogP contribution in [0.15, 0.2) is 30.3 Å². The molecule has 0 aliphatic rings. The summed E-state index contributed by atoms with van der Waals surface area (Å²) in [7, 11) is 3.14. The van der Waals surface area contributed by atoms with Crippen LogP contribution in [-0.4, -0.2) is 20.0 Å². The molecule has 2 rings (SSSR count). The van der Waals surface area contributed by atoms with Crippen LogP contribution < -0.4 is 9.47 Å². The number of benzene rings is 2. The maximum atomic E-state index is 12.7. The maximum absolute atomic E-state index is 12.7. The van der Waals surface area contributed by atoms with Gasteiger partial charge >= 0.3 is 0 Å². The number of aryl methyl sites for hydroxylation is 2. The number of methoxy groups -OCH3 is 2. The van der Waals surface area contributed by atoms with E-state index in [-0.39, 0.29) is 5.78 Å². The van der Waals surface area contributed by atoms with Gasteiger partial charge in [0, 0.05) is 10.6 Å². The number of carbonyl (C=O) groups is 1. The molecule has 110 valence electrons. The molecule has 0 radical (unpaired) electrons. The Bertz CT molecular complexity index is 693. The summed E-state index contributed by atoms with van der Waals surface area (Å²) in [5.74, 6) is 1.15. The van der Waals surface area contributed by atoms with Crippen molar-refractivity contribution < 1.29 is 14.3 Å². The molecule has 0 atom stereocenters. The molecular formula is C17H17ClO3.